The molecule has 1 saturated heterocycles. The number of carbonyl (C=O) groups is 1. The molecule has 3 nitrogen and oxygen atoms in total. The molecule has 3 atom stereocenters. The van der Waals surface area contributed by atoms with Crippen molar-refractivity contribution in [3.63, 3.8) is 0 Å². The quantitative estimate of drug-likeness (QED) is 0.267. The van der Waals surface area contributed by atoms with Crippen LogP contribution in [0.2, 0.25) is 25.7 Å². The molecule has 37 heavy (non-hydrogen) atoms. The summed E-state index contributed by atoms with van der Waals surface area (Å²) in [7, 11) is -1.53. The maximum atomic E-state index is 13.2. The second-order valence-electron chi connectivity index (χ2n) is 11.1. The van der Waals surface area contributed by atoms with Crippen LogP contribution >= 0.6 is 0 Å². The van der Waals surface area contributed by atoms with Crippen molar-refractivity contribution in [3.05, 3.63) is 70.8 Å². The SMILES string of the molecule is C[Si](C)(C)CC[C@H](c1ccc(C(F)(F)F)cc1)N1CCC(CC(=O)O)CC1c1ccc(C(F)(F)F)cc1. The van der Waals surface area contributed by atoms with Gasteiger partial charge in [-0.25, -0.2) is 0 Å². The van der Waals surface area contributed by atoms with Crippen LogP contribution in [0.1, 0.15) is 60.0 Å². The Balaban J connectivity index is 2.01. The Bertz CT molecular complexity index is 1050. The number of alkyl halides is 6. The predicted octanol–water partition coefficient (Wildman–Crippen LogP) is 8.42. The van der Waals surface area contributed by atoms with Crippen molar-refractivity contribution >= 4 is 14.0 Å². The first-order valence-corrected chi connectivity index (χ1v) is 16.1. The third-order valence-electron chi connectivity index (χ3n) is 7.03. The van der Waals surface area contributed by atoms with Crippen molar-refractivity contribution in [1.29, 1.82) is 0 Å². The summed E-state index contributed by atoms with van der Waals surface area (Å²) in [5, 5.41) is 9.34. The number of benzene rings is 2. The zero-order valence-electron chi connectivity index (χ0n) is 21.2. The van der Waals surface area contributed by atoms with Gasteiger partial charge in [0.05, 0.1) is 11.1 Å². The van der Waals surface area contributed by atoms with E-state index < -0.39 is 37.5 Å². The summed E-state index contributed by atoms with van der Waals surface area (Å²) in [6.45, 7) is 7.14. The molecule has 2 unspecified atom stereocenters. The van der Waals surface area contributed by atoms with E-state index in [0.29, 0.717) is 31.4 Å². The molecule has 0 amide bonds. The highest BCUT2D eigenvalue weighted by atomic mass is 28.3. The van der Waals surface area contributed by atoms with Crippen LogP contribution in [0.4, 0.5) is 26.3 Å². The lowest BCUT2D eigenvalue weighted by Crippen LogP contribution is -2.40. The summed E-state index contributed by atoms with van der Waals surface area (Å²) in [4.78, 5) is 13.6. The predicted molar refractivity (Wildman–Crippen MR) is 133 cm³/mol. The number of nitrogens with zero attached hydrogens (tertiary/aromatic N) is 1. The van der Waals surface area contributed by atoms with Gasteiger partial charge in [0, 0.05) is 26.6 Å². The normalized spacial score (nSPS) is 20.6. The van der Waals surface area contributed by atoms with Crippen LogP contribution in [-0.4, -0.2) is 30.6 Å². The molecule has 2 aromatic carbocycles. The fourth-order valence-corrected chi connectivity index (χ4v) is 6.21. The first-order chi connectivity index (χ1) is 17.0. The van der Waals surface area contributed by atoms with Crippen LogP contribution in [0.5, 0.6) is 0 Å². The van der Waals surface area contributed by atoms with E-state index in [2.05, 4.69) is 24.5 Å². The molecule has 3 rings (SSSR count). The van der Waals surface area contributed by atoms with Gasteiger partial charge in [-0.3, -0.25) is 9.69 Å². The molecule has 2 aromatic rings. The highest BCUT2D eigenvalue weighted by Crippen LogP contribution is 2.44. The lowest BCUT2D eigenvalue weighted by Gasteiger charge is -2.45. The number of carboxylic acid groups (broad SMARTS) is 1. The number of rotatable bonds is 8. The fraction of sp³-hybridized carbons (Fsp3) is 0.519. The van der Waals surface area contributed by atoms with Crippen LogP contribution in [-0.2, 0) is 17.1 Å². The van der Waals surface area contributed by atoms with Gasteiger partial charge in [-0.1, -0.05) is 50.0 Å². The van der Waals surface area contributed by atoms with Gasteiger partial charge in [0.2, 0.25) is 0 Å². The summed E-state index contributed by atoms with van der Waals surface area (Å²) < 4.78 is 79.1. The Morgan fingerprint density at radius 2 is 1.46 bits per heavy atom. The largest absolute Gasteiger partial charge is 0.481 e. The summed E-state index contributed by atoms with van der Waals surface area (Å²) in [6.07, 6.45) is -7.23. The minimum atomic E-state index is -4.48. The number of likely N-dealkylation sites (tertiary alicyclic amines) is 1. The van der Waals surface area contributed by atoms with Gasteiger partial charge in [0.15, 0.2) is 0 Å². The van der Waals surface area contributed by atoms with Crippen LogP contribution in [0, 0.1) is 5.92 Å². The summed E-state index contributed by atoms with van der Waals surface area (Å²) in [6, 6.07) is 10.4. The van der Waals surface area contributed by atoms with E-state index in [9.17, 15) is 36.2 Å². The van der Waals surface area contributed by atoms with Crippen molar-refractivity contribution in [1.82, 2.24) is 4.90 Å². The van der Waals surface area contributed by atoms with Crippen molar-refractivity contribution < 1.29 is 36.2 Å². The lowest BCUT2D eigenvalue weighted by molar-refractivity contribution is -0.139. The number of halogens is 6. The Kier molecular flexibility index (Phi) is 8.84. The van der Waals surface area contributed by atoms with E-state index in [1.165, 1.54) is 24.3 Å². The number of hydrogen-bond donors (Lipinski definition) is 1. The van der Waals surface area contributed by atoms with Crippen molar-refractivity contribution in [2.24, 2.45) is 5.92 Å². The smallest absolute Gasteiger partial charge is 0.416 e. The van der Waals surface area contributed by atoms with E-state index in [4.69, 9.17) is 0 Å². The third-order valence-corrected chi connectivity index (χ3v) is 8.82. The molecule has 204 valence electrons. The summed E-state index contributed by atoms with van der Waals surface area (Å²) in [5.41, 5.74) is -0.133. The average Bonchev–Trinajstić information content (AvgIpc) is 2.78. The summed E-state index contributed by atoms with van der Waals surface area (Å²) in [5.74, 6) is -1.08. The van der Waals surface area contributed by atoms with E-state index in [1.54, 1.807) is 0 Å². The minimum absolute atomic E-state index is 0.0369. The Hall–Kier alpha value is -2.33. The first kappa shape index (κ1) is 29.2. The standard InChI is InChI=1S/C27H33F6NO2Si/c1-37(2,3)15-13-23(19-4-8-21(9-5-19)26(28,29)30)34-14-12-18(17-25(35)36)16-24(34)20-6-10-22(11-7-20)27(31,32)33/h4-11,18,23-24H,12-17H2,1-3H3,(H,35,36)/t18?,23-,24?/m1/s1. The van der Waals surface area contributed by atoms with Gasteiger partial charge in [-0.15, -0.1) is 0 Å². The zero-order chi connectivity index (χ0) is 27.6. The van der Waals surface area contributed by atoms with Gasteiger partial charge >= 0.3 is 18.3 Å². The van der Waals surface area contributed by atoms with E-state index in [-0.39, 0.29) is 24.4 Å². The number of carboxylic acids is 1. The molecule has 1 aliphatic rings. The Labute approximate surface area is 214 Å². The molecule has 1 heterocycles. The highest BCUT2D eigenvalue weighted by Gasteiger charge is 2.37. The Morgan fingerprint density at radius 3 is 1.92 bits per heavy atom. The maximum Gasteiger partial charge on any atom is 0.416 e. The van der Waals surface area contributed by atoms with Gasteiger partial charge in [-0.2, -0.15) is 26.3 Å². The van der Waals surface area contributed by atoms with Crippen LogP contribution < -0.4 is 0 Å². The molecule has 1 aliphatic heterocycles. The monoisotopic (exact) mass is 545 g/mol. The van der Waals surface area contributed by atoms with E-state index >= 15 is 0 Å². The minimum Gasteiger partial charge on any atom is -0.481 e. The average molecular weight is 546 g/mol. The molecule has 10 heteroatoms. The molecule has 1 fully saturated rings. The van der Waals surface area contributed by atoms with Crippen LogP contribution in [0.3, 0.4) is 0 Å². The van der Waals surface area contributed by atoms with Gasteiger partial charge in [0.1, 0.15) is 0 Å². The molecule has 0 spiro atoms. The molecule has 0 bridgehead atoms. The number of piperidine rings is 1. The highest BCUT2D eigenvalue weighted by molar-refractivity contribution is 6.76. The van der Waals surface area contributed by atoms with E-state index in [1.807, 2.05) is 0 Å². The molecule has 0 radical (unpaired) electrons. The topological polar surface area (TPSA) is 40.5 Å². The molecule has 0 aliphatic carbocycles. The lowest BCUT2D eigenvalue weighted by atomic mass is 9.83. The molecule has 1 N–H and O–H groups in total. The van der Waals surface area contributed by atoms with Gasteiger partial charge in [0.25, 0.3) is 0 Å². The first-order valence-electron chi connectivity index (χ1n) is 12.4. The van der Waals surface area contributed by atoms with Crippen molar-refractivity contribution in [3.8, 4) is 0 Å². The second kappa shape index (κ2) is 11.2. The molecular weight excluding hydrogens is 512 g/mol. The van der Waals surface area contributed by atoms with Gasteiger partial charge in [-0.05, 0) is 67.1 Å². The van der Waals surface area contributed by atoms with Crippen molar-refractivity contribution in [2.45, 2.75) is 75.8 Å². The molecular formula is C27H33F6NO2Si. The van der Waals surface area contributed by atoms with Crippen LogP contribution in [0.15, 0.2) is 48.5 Å². The summed E-state index contributed by atoms with van der Waals surface area (Å²) >= 11 is 0. The zero-order valence-corrected chi connectivity index (χ0v) is 22.2. The molecule has 0 saturated carbocycles. The third kappa shape index (κ3) is 8.07. The van der Waals surface area contributed by atoms with E-state index in [0.717, 1.165) is 35.9 Å². The second-order valence-corrected chi connectivity index (χ2v) is 16.7. The molecule has 0 aromatic heterocycles. The fourth-order valence-electron chi connectivity index (χ4n) is 5.07. The number of hydrogen-bond acceptors (Lipinski definition) is 2. The van der Waals surface area contributed by atoms with Gasteiger partial charge < -0.3 is 5.11 Å². The van der Waals surface area contributed by atoms with Crippen LogP contribution in [0.25, 0.3) is 0 Å². The maximum absolute atomic E-state index is 13.2. The Morgan fingerprint density at radius 1 is 0.946 bits per heavy atom. The van der Waals surface area contributed by atoms with Crippen molar-refractivity contribution in [2.75, 3.05) is 6.54 Å². The number of aliphatic carboxylic acids is 1.